The van der Waals surface area contributed by atoms with Gasteiger partial charge in [-0.25, -0.2) is 9.07 Å². The number of aromatic nitrogens is 4. The number of nitrogens with one attached hydrogen (secondary N) is 1. The average Bonchev–Trinajstić information content (AvgIpc) is 3.50. The molecule has 0 radical (unpaired) electrons. The molecule has 0 bridgehead atoms. The number of likely N-dealkylation sites (tertiary alicyclic amines) is 1. The van der Waals surface area contributed by atoms with Crippen molar-refractivity contribution < 1.29 is 14.0 Å². The van der Waals surface area contributed by atoms with Crippen molar-refractivity contribution in [2.45, 2.75) is 51.0 Å². The number of hydrogen-bond donors (Lipinski definition) is 1. The third-order valence-corrected chi connectivity index (χ3v) is 6.35. The van der Waals surface area contributed by atoms with Crippen molar-refractivity contribution in [3.8, 4) is 0 Å². The number of amides is 2. The van der Waals surface area contributed by atoms with Crippen molar-refractivity contribution in [2.75, 3.05) is 25.5 Å². The highest BCUT2D eigenvalue weighted by molar-refractivity contribution is 5.88. The molecule has 0 spiro atoms. The molecular weight excluding hydrogens is 461 g/mol. The number of carbonyl (C=O) groups is 2. The van der Waals surface area contributed by atoms with Crippen LogP contribution in [-0.2, 0) is 16.1 Å². The first kappa shape index (κ1) is 25.3. The van der Waals surface area contributed by atoms with Crippen LogP contribution in [0.3, 0.4) is 0 Å². The summed E-state index contributed by atoms with van der Waals surface area (Å²) in [5, 5.41) is 11.0. The number of rotatable bonds is 8. The molecule has 1 saturated heterocycles. The molecule has 9 nitrogen and oxygen atoms in total. The zero-order chi connectivity index (χ0) is 25.8. The molecule has 3 heterocycles. The van der Waals surface area contributed by atoms with E-state index in [4.69, 9.17) is 0 Å². The first-order chi connectivity index (χ1) is 17.2. The fourth-order valence-electron chi connectivity index (χ4n) is 4.25. The molecule has 0 aliphatic carbocycles. The molecule has 2 amide bonds. The fraction of sp³-hybridized carbons (Fsp3) is 0.423. The summed E-state index contributed by atoms with van der Waals surface area (Å²) >= 11 is 0. The summed E-state index contributed by atoms with van der Waals surface area (Å²) < 4.78 is 15.9. The van der Waals surface area contributed by atoms with E-state index in [2.05, 4.69) is 34.5 Å². The molecule has 2 aromatic heterocycles. The number of hydrogen-bond acceptors (Lipinski definition) is 6. The highest BCUT2D eigenvalue weighted by Gasteiger charge is 2.40. The number of benzene rings is 1. The predicted molar refractivity (Wildman–Crippen MR) is 134 cm³/mol. The van der Waals surface area contributed by atoms with Gasteiger partial charge in [-0.1, -0.05) is 55.5 Å². The molecular formula is C26H32FN7O2. The molecule has 1 aromatic carbocycles. The van der Waals surface area contributed by atoms with E-state index in [-0.39, 0.29) is 25.4 Å². The second kappa shape index (κ2) is 10.8. The van der Waals surface area contributed by atoms with E-state index in [1.54, 1.807) is 11.1 Å². The maximum absolute atomic E-state index is 14.5. The number of carbonyl (C=O) groups excluding carboxylic acids is 2. The maximum Gasteiger partial charge on any atom is 0.245 e. The van der Waals surface area contributed by atoms with Crippen LogP contribution >= 0.6 is 0 Å². The number of halogens is 1. The Labute approximate surface area is 210 Å². The van der Waals surface area contributed by atoms with Gasteiger partial charge in [0.1, 0.15) is 18.8 Å². The largest absolute Gasteiger partial charge is 0.360 e. The van der Waals surface area contributed by atoms with Crippen molar-refractivity contribution in [3.63, 3.8) is 0 Å². The molecule has 3 aromatic rings. The molecule has 4 rings (SSSR count). The Morgan fingerprint density at radius 1 is 1.14 bits per heavy atom. The number of anilines is 1. The first-order valence-electron chi connectivity index (χ1n) is 12.0. The van der Waals surface area contributed by atoms with Gasteiger partial charge in [-0.2, -0.15) is 0 Å². The van der Waals surface area contributed by atoms with E-state index in [1.807, 2.05) is 62.8 Å². The van der Waals surface area contributed by atoms with Gasteiger partial charge in [-0.3, -0.25) is 14.6 Å². The third kappa shape index (κ3) is 5.69. The molecule has 1 aliphatic heterocycles. The van der Waals surface area contributed by atoms with Gasteiger partial charge in [0.25, 0.3) is 0 Å². The van der Waals surface area contributed by atoms with Crippen LogP contribution in [0.2, 0.25) is 0 Å². The lowest BCUT2D eigenvalue weighted by molar-refractivity contribution is -0.139. The van der Waals surface area contributed by atoms with Crippen molar-refractivity contribution in [1.82, 2.24) is 30.2 Å². The van der Waals surface area contributed by atoms with Crippen molar-refractivity contribution in [1.29, 1.82) is 0 Å². The van der Waals surface area contributed by atoms with Gasteiger partial charge in [0.05, 0.1) is 24.5 Å². The fourth-order valence-corrected chi connectivity index (χ4v) is 4.25. The molecule has 1 aliphatic rings. The lowest BCUT2D eigenvalue weighted by Gasteiger charge is -2.26. The normalized spacial score (nSPS) is 18.3. The quantitative estimate of drug-likeness (QED) is 0.518. The zero-order valence-electron chi connectivity index (χ0n) is 21.0. The molecule has 3 unspecified atom stereocenters. The van der Waals surface area contributed by atoms with Crippen LogP contribution in [0.4, 0.5) is 10.2 Å². The number of nitrogens with zero attached hydrogens (tertiary/aromatic N) is 6. The Morgan fingerprint density at radius 2 is 1.89 bits per heavy atom. The minimum absolute atomic E-state index is 0.0564. The van der Waals surface area contributed by atoms with Crippen LogP contribution in [0.25, 0.3) is 0 Å². The summed E-state index contributed by atoms with van der Waals surface area (Å²) in [5.74, 6) is 0.124. The molecule has 1 N–H and O–H groups in total. The standard InChI is InChI=1S/C26H32FN7O2/c1-17(2)19-10-11-21(28-13-19)25(18-8-6-5-7-9-18)29-26(36)22-12-20(27)14-34(22)24(35)16-33-15-23(30-31-33)32(3)4/h5-11,13,15,17,20,22,25H,12,14,16H2,1-4H3,(H,29,36). The van der Waals surface area contributed by atoms with Crippen LogP contribution in [0, 0.1) is 0 Å². The average molecular weight is 494 g/mol. The molecule has 0 saturated carbocycles. The van der Waals surface area contributed by atoms with Crippen LogP contribution in [0.1, 0.15) is 49.0 Å². The predicted octanol–water partition coefficient (Wildman–Crippen LogP) is 2.71. The van der Waals surface area contributed by atoms with Gasteiger partial charge in [0.2, 0.25) is 11.8 Å². The van der Waals surface area contributed by atoms with Crippen LogP contribution in [0.5, 0.6) is 0 Å². The Kier molecular flexibility index (Phi) is 7.61. The zero-order valence-corrected chi connectivity index (χ0v) is 21.0. The van der Waals surface area contributed by atoms with Crippen molar-refractivity contribution >= 4 is 17.6 Å². The lowest BCUT2D eigenvalue weighted by Crippen LogP contribution is -2.48. The third-order valence-electron chi connectivity index (χ3n) is 6.35. The lowest BCUT2D eigenvalue weighted by atomic mass is 10.00. The number of alkyl halides is 1. The maximum atomic E-state index is 14.5. The van der Waals surface area contributed by atoms with Crippen LogP contribution in [-0.4, -0.2) is 69.5 Å². The Hall–Kier alpha value is -3.82. The van der Waals surface area contributed by atoms with E-state index in [1.165, 1.54) is 9.58 Å². The van der Waals surface area contributed by atoms with Gasteiger partial charge < -0.3 is 15.1 Å². The minimum atomic E-state index is -1.28. The summed E-state index contributed by atoms with van der Waals surface area (Å²) in [6.45, 7) is 3.92. The van der Waals surface area contributed by atoms with E-state index in [0.717, 1.165) is 11.1 Å². The van der Waals surface area contributed by atoms with Crippen LogP contribution < -0.4 is 10.2 Å². The van der Waals surface area contributed by atoms with Gasteiger partial charge in [-0.05, 0) is 23.1 Å². The SMILES string of the molecule is CC(C)c1ccc(C(NC(=O)C2CC(F)CN2C(=O)Cn2cc(N(C)C)nn2)c2ccccc2)nc1. The van der Waals surface area contributed by atoms with E-state index in [0.29, 0.717) is 17.4 Å². The molecule has 36 heavy (non-hydrogen) atoms. The summed E-state index contributed by atoms with van der Waals surface area (Å²) in [6, 6.07) is 11.9. The van der Waals surface area contributed by atoms with Crippen LogP contribution in [0.15, 0.2) is 54.9 Å². The summed E-state index contributed by atoms with van der Waals surface area (Å²) in [4.78, 5) is 34.2. The topological polar surface area (TPSA) is 96.2 Å². The summed E-state index contributed by atoms with van der Waals surface area (Å²) in [6.07, 6.45) is 2.11. The smallest absolute Gasteiger partial charge is 0.245 e. The van der Waals surface area contributed by atoms with Gasteiger partial charge in [0, 0.05) is 26.7 Å². The highest BCUT2D eigenvalue weighted by atomic mass is 19.1. The van der Waals surface area contributed by atoms with Gasteiger partial charge >= 0.3 is 0 Å². The monoisotopic (exact) mass is 493 g/mol. The van der Waals surface area contributed by atoms with E-state index in [9.17, 15) is 14.0 Å². The highest BCUT2D eigenvalue weighted by Crippen LogP contribution is 2.26. The van der Waals surface area contributed by atoms with Gasteiger partial charge in [-0.15, -0.1) is 5.10 Å². The molecule has 3 atom stereocenters. The Morgan fingerprint density at radius 3 is 2.50 bits per heavy atom. The van der Waals surface area contributed by atoms with Gasteiger partial charge in [0.15, 0.2) is 5.82 Å². The van der Waals surface area contributed by atoms with E-state index >= 15 is 0 Å². The molecule has 190 valence electrons. The summed E-state index contributed by atoms with van der Waals surface area (Å²) in [7, 11) is 3.64. The Balaban J connectivity index is 1.53. The summed E-state index contributed by atoms with van der Waals surface area (Å²) in [5.41, 5.74) is 2.61. The Bertz CT molecular complexity index is 1180. The number of pyridine rings is 1. The molecule has 10 heteroatoms. The molecule has 1 fully saturated rings. The second-order valence-corrected chi connectivity index (χ2v) is 9.59. The minimum Gasteiger partial charge on any atom is -0.360 e. The first-order valence-corrected chi connectivity index (χ1v) is 12.0. The van der Waals surface area contributed by atoms with E-state index < -0.39 is 24.2 Å². The van der Waals surface area contributed by atoms with Crippen molar-refractivity contribution in [3.05, 3.63) is 71.7 Å². The second-order valence-electron chi connectivity index (χ2n) is 9.59. The van der Waals surface area contributed by atoms with Crippen molar-refractivity contribution in [2.24, 2.45) is 0 Å².